The zero-order chi connectivity index (χ0) is 18.6. The quantitative estimate of drug-likeness (QED) is 0.904. The Morgan fingerprint density at radius 3 is 2.73 bits per heavy atom. The molecule has 26 heavy (non-hydrogen) atoms. The summed E-state index contributed by atoms with van der Waals surface area (Å²) in [6, 6.07) is 8.70. The molecule has 4 nitrogen and oxygen atoms in total. The molecule has 138 valence electrons. The van der Waals surface area contributed by atoms with Crippen LogP contribution in [0.1, 0.15) is 34.3 Å². The molecule has 1 saturated heterocycles. The highest BCUT2D eigenvalue weighted by Crippen LogP contribution is 2.30. The second-order valence-electron chi connectivity index (χ2n) is 6.48. The lowest BCUT2D eigenvalue weighted by Crippen LogP contribution is -2.47. The Labute approximate surface area is 150 Å². The van der Waals surface area contributed by atoms with E-state index in [4.69, 9.17) is 0 Å². The fraction of sp³-hybridized carbons (Fsp3) is 0.368. The number of amides is 1. The fourth-order valence-electron chi connectivity index (χ4n) is 3.19. The Hall–Kier alpha value is -2.41. The van der Waals surface area contributed by atoms with Crippen molar-refractivity contribution in [3.8, 4) is 0 Å². The first kappa shape index (κ1) is 18.4. The number of nitrogens with zero attached hydrogens (tertiary/aromatic N) is 2. The molecule has 1 atom stereocenters. The number of pyridine rings is 1. The molecule has 0 aliphatic carbocycles. The van der Waals surface area contributed by atoms with Crippen molar-refractivity contribution in [2.24, 2.45) is 0 Å². The number of rotatable bonds is 4. The molecule has 7 heteroatoms. The Morgan fingerprint density at radius 2 is 2.00 bits per heavy atom. The SMILES string of the molecule is O=C(NC1CCCN(Cc2cccc(C(F)(F)F)c2)C1)c1ccncc1. The summed E-state index contributed by atoms with van der Waals surface area (Å²) in [7, 11) is 0. The fourth-order valence-corrected chi connectivity index (χ4v) is 3.19. The summed E-state index contributed by atoms with van der Waals surface area (Å²) < 4.78 is 38.5. The maximum Gasteiger partial charge on any atom is 0.416 e. The van der Waals surface area contributed by atoms with Gasteiger partial charge in [-0.15, -0.1) is 0 Å². The van der Waals surface area contributed by atoms with Crippen molar-refractivity contribution in [2.45, 2.75) is 31.6 Å². The summed E-state index contributed by atoms with van der Waals surface area (Å²) in [4.78, 5) is 18.2. The molecule has 0 spiro atoms. The van der Waals surface area contributed by atoms with Crippen LogP contribution in [0.3, 0.4) is 0 Å². The minimum atomic E-state index is -4.33. The average molecular weight is 363 g/mol. The summed E-state index contributed by atoms with van der Waals surface area (Å²) >= 11 is 0. The van der Waals surface area contributed by atoms with Gasteiger partial charge in [0.15, 0.2) is 0 Å². The Kier molecular flexibility index (Phi) is 5.56. The van der Waals surface area contributed by atoms with Crippen LogP contribution in [0.2, 0.25) is 0 Å². The van der Waals surface area contributed by atoms with Crippen LogP contribution in [0.25, 0.3) is 0 Å². The van der Waals surface area contributed by atoms with Crippen LogP contribution >= 0.6 is 0 Å². The molecule has 0 radical (unpaired) electrons. The van der Waals surface area contributed by atoms with E-state index < -0.39 is 11.7 Å². The van der Waals surface area contributed by atoms with Gasteiger partial charge in [0, 0.05) is 37.1 Å². The normalized spacial score (nSPS) is 18.5. The second-order valence-corrected chi connectivity index (χ2v) is 6.48. The minimum Gasteiger partial charge on any atom is -0.348 e. The van der Waals surface area contributed by atoms with E-state index >= 15 is 0 Å². The monoisotopic (exact) mass is 363 g/mol. The number of nitrogens with one attached hydrogen (secondary N) is 1. The lowest BCUT2D eigenvalue weighted by Gasteiger charge is -2.33. The molecule has 1 aromatic heterocycles. The Balaban J connectivity index is 1.60. The van der Waals surface area contributed by atoms with E-state index in [0.29, 0.717) is 24.2 Å². The van der Waals surface area contributed by atoms with E-state index in [-0.39, 0.29) is 11.9 Å². The van der Waals surface area contributed by atoms with Crippen LogP contribution in [0.4, 0.5) is 13.2 Å². The van der Waals surface area contributed by atoms with E-state index in [0.717, 1.165) is 25.5 Å². The van der Waals surface area contributed by atoms with E-state index in [9.17, 15) is 18.0 Å². The Bertz CT molecular complexity index is 749. The molecule has 1 aliphatic heterocycles. The smallest absolute Gasteiger partial charge is 0.348 e. The highest BCUT2D eigenvalue weighted by Gasteiger charge is 2.30. The van der Waals surface area contributed by atoms with Gasteiger partial charge in [-0.25, -0.2) is 0 Å². The highest BCUT2D eigenvalue weighted by atomic mass is 19.4. The number of benzene rings is 1. The summed E-state index contributed by atoms with van der Waals surface area (Å²) in [5, 5.41) is 3.00. The summed E-state index contributed by atoms with van der Waals surface area (Å²) in [5.74, 6) is -0.154. The third kappa shape index (κ3) is 4.82. The van der Waals surface area contributed by atoms with Crippen LogP contribution in [-0.4, -0.2) is 34.9 Å². The molecule has 1 unspecified atom stereocenters. The molecular weight excluding hydrogens is 343 g/mol. The Morgan fingerprint density at radius 1 is 1.23 bits per heavy atom. The van der Waals surface area contributed by atoms with Crippen molar-refractivity contribution in [1.29, 1.82) is 0 Å². The van der Waals surface area contributed by atoms with Gasteiger partial charge in [0.05, 0.1) is 5.56 Å². The zero-order valence-electron chi connectivity index (χ0n) is 14.2. The van der Waals surface area contributed by atoms with Crippen molar-refractivity contribution < 1.29 is 18.0 Å². The van der Waals surface area contributed by atoms with Gasteiger partial charge in [-0.2, -0.15) is 13.2 Å². The average Bonchev–Trinajstić information content (AvgIpc) is 2.62. The van der Waals surface area contributed by atoms with Crippen molar-refractivity contribution in [2.75, 3.05) is 13.1 Å². The third-order valence-electron chi connectivity index (χ3n) is 4.44. The maximum absolute atomic E-state index is 12.8. The standard InChI is InChI=1S/C19H20F3N3O/c20-19(21,22)16-4-1-3-14(11-16)12-25-10-2-5-17(13-25)24-18(26)15-6-8-23-9-7-15/h1,3-4,6-9,11,17H,2,5,10,12-13H2,(H,24,26). The first-order chi connectivity index (χ1) is 12.4. The molecule has 1 aromatic carbocycles. The van der Waals surface area contributed by atoms with Gasteiger partial charge < -0.3 is 5.32 Å². The van der Waals surface area contributed by atoms with Gasteiger partial charge in [-0.05, 0) is 43.1 Å². The van der Waals surface area contributed by atoms with Gasteiger partial charge in [-0.1, -0.05) is 18.2 Å². The van der Waals surface area contributed by atoms with Crippen molar-refractivity contribution >= 4 is 5.91 Å². The number of carbonyl (C=O) groups excluding carboxylic acids is 1. The largest absolute Gasteiger partial charge is 0.416 e. The summed E-state index contributed by atoms with van der Waals surface area (Å²) in [6.07, 6.45) is 0.542. The molecule has 3 rings (SSSR count). The molecule has 2 aromatic rings. The molecule has 0 bridgehead atoms. The second kappa shape index (κ2) is 7.86. The van der Waals surface area contributed by atoms with E-state index in [1.807, 2.05) is 0 Å². The third-order valence-corrected chi connectivity index (χ3v) is 4.44. The molecule has 1 amide bonds. The predicted octanol–water partition coefficient (Wildman–Crippen LogP) is 3.49. The number of hydrogen-bond acceptors (Lipinski definition) is 3. The van der Waals surface area contributed by atoms with Crippen molar-refractivity contribution in [3.63, 3.8) is 0 Å². The van der Waals surface area contributed by atoms with Crippen LogP contribution < -0.4 is 5.32 Å². The maximum atomic E-state index is 12.8. The summed E-state index contributed by atoms with van der Waals surface area (Å²) in [5.41, 5.74) is 0.547. The first-order valence-corrected chi connectivity index (χ1v) is 8.51. The van der Waals surface area contributed by atoms with Crippen molar-refractivity contribution in [1.82, 2.24) is 15.2 Å². The highest BCUT2D eigenvalue weighted by molar-refractivity contribution is 5.94. The zero-order valence-corrected chi connectivity index (χ0v) is 14.2. The first-order valence-electron chi connectivity index (χ1n) is 8.51. The van der Waals surface area contributed by atoms with Gasteiger partial charge >= 0.3 is 6.18 Å². The van der Waals surface area contributed by atoms with Crippen molar-refractivity contribution in [3.05, 3.63) is 65.5 Å². The van der Waals surface area contributed by atoms with E-state index in [1.165, 1.54) is 12.1 Å². The molecule has 2 heterocycles. The predicted molar refractivity (Wildman–Crippen MR) is 91.4 cm³/mol. The van der Waals surface area contributed by atoms with Gasteiger partial charge in [0.2, 0.25) is 0 Å². The number of likely N-dealkylation sites (tertiary alicyclic amines) is 1. The van der Waals surface area contributed by atoms with Gasteiger partial charge in [0.1, 0.15) is 0 Å². The number of alkyl halides is 3. The molecular formula is C19H20F3N3O. The van der Waals surface area contributed by atoms with Gasteiger partial charge in [-0.3, -0.25) is 14.7 Å². The van der Waals surface area contributed by atoms with Gasteiger partial charge in [0.25, 0.3) is 5.91 Å². The number of carbonyl (C=O) groups is 1. The van der Waals surface area contributed by atoms with E-state index in [2.05, 4.69) is 15.2 Å². The van der Waals surface area contributed by atoms with Crippen LogP contribution in [0.5, 0.6) is 0 Å². The van der Waals surface area contributed by atoms with Crippen LogP contribution in [-0.2, 0) is 12.7 Å². The van der Waals surface area contributed by atoms with E-state index in [1.54, 1.807) is 30.6 Å². The lowest BCUT2D eigenvalue weighted by molar-refractivity contribution is -0.137. The number of aromatic nitrogens is 1. The van der Waals surface area contributed by atoms with Crippen LogP contribution in [0, 0.1) is 0 Å². The molecule has 1 fully saturated rings. The topological polar surface area (TPSA) is 45.2 Å². The number of hydrogen-bond donors (Lipinski definition) is 1. The molecule has 0 saturated carbocycles. The molecule has 1 aliphatic rings. The number of piperidine rings is 1. The lowest BCUT2D eigenvalue weighted by atomic mass is 10.0. The summed E-state index contributed by atoms with van der Waals surface area (Å²) in [6.45, 7) is 1.86. The minimum absolute atomic E-state index is 0.0183. The van der Waals surface area contributed by atoms with Crippen LogP contribution in [0.15, 0.2) is 48.8 Å². The molecule has 1 N–H and O–H groups in total. The number of halogens is 3.